The van der Waals surface area contributed by atoms with Crippen molar-refractivity contribution in [1.29, 1.82) is 0 Å². The number of benzene rings is 1. The lowest BCUT2D eigenvalue weighted by Crippen LogP contribution is -2.52. The first kappa shape index (κ1) is 23.5. The lowest BCUT2D eigenvalue weighted by Gasteiger charge is -2.44. The molecule has 3 aromatic rings. The van der Waals surface area contributed by atoms with Crippen LogP contribution in [-0.2, 0) is 29.2 Å². The summed E-state index contributed by atoms with van der Waals surface area (Å²) in [6, 6.07) is 9.81. The summed E-state index contributed by atoms with van der Waals surface area (Å²) in [7, 11) is 1.60. The predicted molar refractivity (Wildman–Crippen MR) is 132 cm³/mol. The van der Waals surface area contributed by atoms with Gasteiger partial charge in [0.25, 0.3) is 5.56 Å². The minimum atomic E-state index is -0.506. The Morgan fingerprint density at radius 2 is 1.83 bits per heavy atom. The predicted octanol–water partition coefficient (Wildman–Crippen LogP) is 2.24. The lowest BCUT2D eigenvalue weighted by atomic mass is 9.78. The molecule has 9 heteroatoms. The fourth-order valence-electron chi connectivity index (χ4n) is 5.81. The average molecular weight is 480 g/mol. The number of imidazole rings is 1. The van der Waals surface area contributed by atoms with Gasteiger partial charge in [-0.15, -0.1) is 0 Å². The van der Waals surface area contributed by atoms with Crippen molar-refractivity contribution in [1.82, 2.24) is 23.6 Å². The highest BCUT2D eigenvalue weighted by atomic mass is 16.5. The number of hydrogen-bond donors (Lipinski definition) is 0. The topological polar surface area (TPSA) is 91.4 Å². The van der Waals surface area contributed by atoms with E-state index in [1.165, 1.54) is 11.0 Å². The van der Waals surface area contributed by atoms with Crippen molar-refractivity contribution < 1.29 is 9.53 Å². The van der Waals surface area contributed by atoms with Gasteiger partial charge < -0.3 is 14.2 Å². The van der Waals surface area contributed by atoms with Gasteiger partial charge in [-0.1, -0.05) is 43.2 Å². The third-order valence-electron chi connectivity index (χ3n) is 7.56. The molecule has 5 rings (SSSR count). The molecular weight excluding hydrogens is 446 g/mol. The van der Waals surface area contributed by atoms with Crippen LogP contribution < -0.4 is 11.2 Å². The molecule has 2 unspecified atom stereocenters. The molecule has 1 amide bonds. The van der Waals surface area contributed by atoms with E-state index in [1.807, 2.05) is 35.2 Å². The summed E-state index contributed by atoms with van der Waals surface area (Å²) in [5.74, 6) is 0.389. The number of piperidine rings is 1. The number of amides is 1. The number of rotatable bonds is 7. The van der Waals surface area contributed by atoms with Crippen LogP contribution in [0.3, 0.4) is 0 Å². The molecular formula is C26H33N5O4. The van der Waals surface area contributed by atoms with Gasteiger partial charge in [-0.25, -0.2) is 14.3 Å². The number of aromatic nitrogens is 4. The summed E-state index contributed by atoms with van der Waals surface area (Å²) in [5, 5.41) is 0. The molecule has 0 spiro atoms. The fourth-order valence-corrected chi connectivity index (χ4v) is 5.81. The van der Waals surface area contributed by atoms with Gasteiger partial charge in [0.05, 0.1) is 19.5 Å². The molecule has 35 heavy (non-hydrogen) atoms. The van der Waals surface area contributed by atoms with Gasteiger partial charge >= 0.3 is 5.69 Å². The normalized spacial score (nSPS) is 20.2. The minimum Gasteiger partial charge on any atom is -0.383 e. The number of nitrogens with zero attached hydrogens (tertiary/aromatic N) is 5. The van der Waals surface area contributed by atoms with Gasteiger partial charge in [0, 0.05) is 26.2 Å². The average Bonchev–Trinajstić information content (AvgIpc) is 3.32. The first-order valence-corrected chi connectivity index (χ1v) is 12.6. The number of likely N-dealkylation sites (tertiary alicyclic amines) is 1. The first-order valence-electron chi connectivity index (χ1n) is 12.6. The monoisotopic (exact) mass is 479 g/mol. The number of carbonyl (C=O) groups is 1. The van der Waals surface area contributed by atoms with E-state index in [2.05, 4.69) is 4.98 Å². The van der Waals surface area contributed by atoms with Gasteiger partial charge in [-0.05, 0) is 37.2 Å². The van der Waals surface area contributed by atoms with Crippen LogP contribution in [0.25, 0.3) is 11.2 Å². The van der Waals surface area contributed by atoms with Crippen molar-refractivity contribution in [2.75, 3.05) is 20.3 Å². The van der Waals surface area contributed by atoms with Crippen molar-refractivity contribution in [3.63, 3.8) is 0 Å². The number of methoxy groups -OCH3 is 1. The van der Waals surface area contributed by atoms with Crippen LogP contribution in [0.1, 0.15) is 44.1 Å². The van der Waals surface area contributed by atoms with E-state index in [4.69, 9.17) is 4.74 Å². The van der Waals surface area contributed by atoms with Crippen molar-refractivity contribution in [3.8, 4) is 0 Å². The number of ether oxygens (including phenoxy) is 1. The molecule has 1 saturated heterocycles. The molecule has 0 radical (unpaired) electrons. The summed E-state index contributed by atoms with van der Waals surface area (Å²) < 4.78 is 9.51. The minimum absolute atomic E-state index is 0.144. The molecule has 1 aliphatic carbocycles. The van der Waals surface area contributed by atoms with E-state index in [-0.39, 0.29) is 25.0 Å². The maximum Gasteiger partial charge on any atom is 0.333 e. The molecule has 2 fully saturated rings. The van der Waals surface area contributed by atoms with Crippen LogP contribution in [-0.4, -0.2) is 55.8 Å². The number of carbonyl (C=O) groups excluding carboxylic acids is 1. The molecule has 2 aromatic heterocycles. The summed E-state index contributed by atoms with van der Waals surface area (Å²) in [6.07, 6.45) is 8.20. The van der Waals surface area contributed by atoms with Crippen LogP contribution in [0.15, 0.2) is 46.2 Å². The maximum atomic E-state index is 13.6. The van der Waals surface area contributed by atoms with Crippen LogP contribution in [0, 0.1) is 5.92 Å². The van der Waals surface area contributed by atoms with E-state index in [9.17, 15) is 14.4 Å². The Kier molecular flexibility index (Phi) is 6.86. The Hall–Kier alpha value is -3.20. The maximum absolute atomic E-state index is 13.6. The SMILES string of the molecule is COCCn1cnc2c1c(=O)n(CC(=O)N1CCCC3CCCCC31)c(=O)n2Cc1ccccc1. The highest BCUT2D eigenvalue weighted by Crippen LogP contribution is 2.35. The van der Waals surface area contributed by atoms with Gasteiger partial charge in [0.2, 0.25) is 5.91 Å². The molecule has 1 aliphatic heterocycles. The standard InChI is InChI=1S/C26H33N5O4/c1-35-15-14-28-18-27-24-23(28)25(33)31(26(34)30(24)16-19-8-3-2-4-9-19)17-22(32)29-13-7-11-20-10-5-6-12-21(20)29/h2-4,8-9,18,20-21H,5-7,10-17H2,1H3. The van der Waals surface area contributed by atoms with E-state index >= 15 is 0 Å². The van der Waals surface area contributed by atoms with Crippen molar-refractivity contribution in [2.45, 2.75) is 64.2 Å². The zero-order valence-corrected chi connectivity index (χ0v) is 20.3. The van der Waals surface area contributed by atoms with Crippen LogP contribution >= 0.6 is 0 Å². The van der Waals surface area contributed by atoms with Crippen molar-refractivity contribution in [3.05, 3.63) is 63.1 Å². The zero-order chi connectivity index (χ0) is 24.4. The lowest BCUT2D eigenvalue weighted by molar-refractivity contribution is -0.138. The Morgan fingerprint density at radius 3 is 2.63 bits per heavy atom. The fraction of sp³-hybridized carbons (Fsp3) is 0.538. The molecule has 186 valence electrons. The molecule has 2 aliphatic rings. The second-order valence-electron chi connectivity index (χ2n) is 9.69. The number of hydrogen-bond acceptors (Lipinski definition) is 5. The van der Waals surface area contributed by atoms with Crippen molar-refractivity contribution >= 4 is 17.1 Å². The molecule has 1 saturated carbocycles. The third kappa shape index (κ3) is 4.57. The highest BCUT2D eigenvalue weighted by molar-refractivity contribution is 5.77. The number of fused-ring (bicyclic) bond motifs is 2. The van der Waals surface area contributed by atoms with Crippen LogP contribution in [0.4, 0.5) is 0 Å². The molecule has 0 bridgehead atoms. The van der Waals surface area contributed by atoms with E-state index in [0.29, 0.717) is 36.8 Å². The summed E-state index contributed by atoms with van der Waals surface area (Å²) >= 11 is 0. The Labute approximate surface area is 203 Å². The Morgan fingerprint density at radius 1 is 1.06 bits per heavy atom. The quantitative estimate of drug-likeness (QED) is 0.518. The Balaban J connectivity index is 1.55. The third-order valence-corrected chi connectivity index (χ3v) is 7.56. The van der Waals surface area contributed by atoms with E-state index < -0.39 is 11.2 Å². The van der Waals surface area contributed by atoms with Gasteiger partial charge in [0.15, 0.2) is 11.2 Å². The highest BCUT2D eigenvalue weighted by Gasteiger charge is 2.36. The molecule has 1 aromatic carbocycles. The van der Waals surface area contributed by atoms with Crippen molar-refractivity contribution in [2.24, 2.45) is 5.92 Å². The summed E-state index contributed by atoms with van der Waals surface area (Å²) in [6.45, 7) is 1.54. The van der Waals surface area contributed by atoms with E-state index in [1.54, 1.807) is 18.0 Å². The van der Waals surface area contributed by atoms with Gasteiger partial charge in [-0.2, -0.15) is 0 Å². The second kappa shape index (κ2) is 10.2. The van der Waals surface area contributed by atoms with Crippen LogP contribution in [0.2, 0.25) is 0 Å². The van der Waals surface area contributed by atoms with Crippen LogP contribution in [0.5, 0.6) is 0 Å². The summed E-state index contributed by atoms with van der Waals surface area (Å²) in [4.78, 5) is 47.0. The smallest absolute Gasteiger partial charge is 0.333 e. The van der Waals surface area contributed by atoms with Gasteiger partial charge in [0.1, 0.15) is 6.54 Å². The molecule has 0 N–H and O–H groups in total. The molecule has 3 heterocycles. The second-order valence-corrected chi connectivity index (χ2v) is 9.69. The van der Waals surface area contributed by atoms with E-state index in [0.717, 1.165) is 42.2 Å². The van der Waals surface area contributed by atoms with Gasteiger partial charge in [-0.3, -0.25) is 14.2 Å². The molecule has 2 atom stereocenters. The largest absolute Gasteiger partial charge is 0.383 e. The summed E-state index contributed by atoms with van der Waals surface area (Å²) in [5.41, 5.74) is 0.579. The zero-order valence-electron chi connectivity index (χ0n) is 20.3. The molecule has 9 nitrogen and oxygen atoms in total. The Bertz CT molecular complexity index is 1310. The first-order chi connectivity index (χ1) is 17.1.